The minimum Gasteiger partial charge on any atom is -0.466 e. The molecule has 0 saturated carbocycles. The van der Waals surface area contributed by atoms with Gasteiger partial charge in [0.15, 0.2) is 0 Å². The van der Waals surface area contributed by atoms with Crippen molar-refractivity contribution in [3.05, 3.63) is 24.3 Å². The lowest BCUT2D eigenvalue weighted by atomic mass is 10.0. The Labute approximate surface area is 66.5 Å². The third-order valence-electron chi connectivity index (χ3n) is 1.95. The predicted molar refractivity (Wildman–Crippen MR) is 43.0 cm³/mol. The molecule has 60 valence electrons. The van der Waals surface area contributed by atoms with Gasteiger partial charge < -0.3 is 4.74 Å². The normalized spacial score (nSPS) is 22.6. The van der Waals surface area contributed by atoms with E-state index in [0.29, 0.717) is 0 Å². The van der Waals surface area contributed by atoms with Crippen molar-refractivity contribution in [1.29, 1.82) is 0 Å². The van der Waals surface area contributed by atoms with Gasteiger partial charge in [0.25, 0.3) is 0 Å². The topological polar surface area (TPSA) is 26.3 Å². The monoisotopic (exact) mass is 152 g/mol. The van der Waals surface area contributed by atoms with Crippen molar-refractivity contribution in [2.45, 2.75) is 12.8 Å². The zero-order valence-corrected chi connectivity index (χ0v) is 6.67. The van der Waals surface area contributed by atoms with Gasteiger partial charge in [-0.15, -0.1) is 6.58 Å². The first-order chi connectivity index (χ1) is 5.29. The molecule has 1 aliphatic rings. The first-order valence-corrected chi connectivity index (χ1v) is 3.70. The average Bonchev–Trinajstić information content (AvgIpc) is 2.50. The number of hydrogen-bond acceptors (Lipinski definition) is 2. The van der Waals surface area contributed by atoms with Crippen LogP contribution in [0.2, 0.25) is 0 Å². The third kappa shape index (κ3) is 1.50. The van der Waals surface area contributed by atoms with Crippen LogP contribution in [0.15, 0.2) is 24.3 Å². The van der Waals surface area contributed by atoms with Crippen molar-refractivity contribution in [2.75, 3.05) is 7.11 Å². The van der Waals surface area contributed by atoms with E-state index in [0.717, 1.165) is 18.4 Å². The summed E-state index contributed by atoms with van der Waals surface area (Å²) < 4.78 is 4.61. The average molecular weight is 152 g/mol. The highest BCUT2D eigenvalue weighted by Gasteiger charge is 2.22. The Hall–Kier alpha value is -1.05. The zero-order chi connectivity index (χ0) is 8.27. The van der Waals surface area contributed by atoms with Crippen LogP contribution in [0, 0.1) is 5.92 Å². The molecule has 0 bridgehead atoms. The fraction of sp³-hybridized carbons (Fsp3) is 0.444. The Kier molecular flexibility index (Phi) is 2.47. The molecule has 11 heavy (non-hydrogen) atoms. The smallest absolute Gasteiger partial charge is 0.334 e. The molecule has 0 aromatic carbocycles. The van der Waals surface area contributed by atoms with Crippen LogP contribution in [0.25, 0.3) is 0 Å². The van der Waals surface area contributed by atoms with Crippen LogP contribution < -0.4 is 0 Å². The van der Waals surface area contributed by atoms with Crippen molar-refractivity contribution in [1.82, 2.24) is 0 Å². The summed E-state index contributed by atoms with van der Waals surface area (Å²) in [7, 11) is 1.40. The number of ether oxygens (including phenoxy) is 1. The maximum absolute atomic E-state index is 11.0. The third-order valence-corrected chi connectivity index (χ3v) is 1.95. The van der Waals surface area contributed by atoms with E-state index in [2.05, 4.69) is 11.3 Å². The van der Waals surface area contributed by atoms with Gasteiger partial charge >= 0.3 is 5.97 Å². The van der Waals surface area contributed by atoms with Crippen LogP contribution in [0.4, 0.5) is 0 Å². The predicted octanol–water partition coefficient (Wildman–Crippen LogP) is 1.68. The molecule has 1 unspecified atom stereocenters. The van der Waals surface area contributed by atoms with E-state index in [-0.39, 0.29) is 11.9 Å². The van der Waals surface area contributed by atoms with Gasteiger partial charge in [0, 0.05) is 11.5 Å². The molecule has 2 heteroatoms. The van der Waals surface area contributed by atoms with E-state index in [1.807, 2.05) is 6.08 Å². The molecule has 2 nitrogen and oxygen atoms in total. The molecular weight excluding hydrogens is 140 g/mol. The standard InChI is InChI=1S/C9H12O2/c1-3-7-5-4-6-8(7)9(10)11-2/h3,6-7H,1,4-5H2,2H3. The lowest BCUT2D eigenvalue weighted by Crippen LogP contribution is -2.09. The van der Waals surface area contributed by atoms with E-state index in [4.69, 9.17) is 0 Å². The molecule has 0 saturated heterocycles. The van der Waals surface area contributed by atoms with E-state index < -0.39 is 0 Å². The minimum absolute atomic E-state index is 0.211. The van der Waals surface area contributed by atoms with Gasteiger partial charge in [0.05, 0.1) is 7.11 Å². The highest BCUT2D eigenvalue weighted by atomic mass is 16.5. The summed E-state index contributed by atoms with van der Waals surface area (Å²) in [5.74, 6) is -0.00477. The van der Waals surface area contributed by atoms with Crippen LogP contribution in [0.5, 0.6) is 0 Å². The maximum Gasteiger partial charge on any atom is 0.334 e. The molecule has 1 aliphatic carbocycles. The highest BCUT2D eigenvalue weighted by molar-refractivity contribution is 5.89. The molecule has 0 aliphatic heterocycles. The highest BCUT2D eigenvalue weighted by Crippen LogP contribution is 2.26. The van der Waals surface area contributed by atoms with E-state index >= 15 is 0 Å². The molecular formula is C9H12O2. The Balaban J connectivity index is 2.70. The number of allylic oxidation sites excluding steroid dienone is 2. The fourth-order valence-electron chi connectivity index (χ4n) is 1.32. The van der Waals surface area contributed by atoms with Crippen LogP contribution in [-0.2, 0) is 9.53 Å². The SMILES string of the molecule is C=CC1CCC=C1C(=O)OC. The van der Waals surface area contributed by atoms with Crippen LogP contribution >= 0.6 is 0 Å². The number of carbonyl (C=O) groups excluding carboxylic acids is 1. The number of carbonyl (C=O) groups is 1. The fourth-order valence-corrected chi connectivity index (χ4v) is 1.32. The second-order valence-corrected chi connectivity index (χ2v) is 2.57. The van der Waals surface area contributed by atoms with Gasteiger partial charge in [-0.25, -0.2) is 4.79 Å². The lowest BCUT2D eigenvalue weighted by molar-refractivity contribution is -0.136. The zero-order valence-electron chi connectivity index (χ0n) is 6.67. The molecule has 0 amide bonds. The van der Waals surface area contributed by atoms with Gasteiger partial charge in [-0.05, 0) is 12.8 Å². The van der Waals surface area contributed by atoms with Crippen molar-refractivity contribution in [3.63, 3.8) is 0 Å². The van der Waals surface area contributed by atoms with Gasteiger partial charge in [0.2, 0.25) is 0 Å². The molecule has 0 fully saturated rings. The number of methoxy groups -OCH3 is 1. The summed E-state index contributed by atoms with van der Waals surface area (Å²) >= 11 is 0. The Morgan fingerprint density at radius 3 is 3.18 bits per heavy atom. The van der Waals surface area contributed by atoms with Gasteiger partial charge in [0.1, 0.15) is 0 Å². The van der Waals surface area contributed by atoms with E-state index in [9.17, 15) is 4.79 Å². The maximum atomic E-state index is 11.0. The molecule has 1 rings (SSSR count). The molecule has 0 aromatic rings. The van der Waals surface area contributed by atoms with Crippen LogP contribution in [0.3, 0.4) is 0 Å². The van der Waals surface area contributed by atoms with Gasteiger partial charge in [-0.1, -0.05) is 12.2 Å². The summed E-state index contributed by atoms with van der Waals surface area (Å²) in [4.78, 5) is 11.0. The Morgan fingerprint density at radius 2 is 2.64 bits per heavy atom. The summed E-state index contributed by atoms with van der Waals surface area (Å²) in [6.07, 6.45) is 5.68. The van der Waals surface area contributed by atoms with Gasteiger partial charge in [-0.2, -0.15) is 0 Å². The van der Waals surface area contributed by atoms with Crippen molar-refractivity contribution >= 4 is 5.97 Å². The summed E-state index contributed by atoms with van der Waals surface area (Å²) in [5, 5.41) is 0. The van der Waals surface area contributed by atoms with Crippen LogP contribution in [0.1, 0.15) is 12.8 Å². The minimum atomic E-state index is -0.215. The molecule has 0 spiro atoms. The number of esters is 1. The Morgan fingerprint density at radius 1 is 1.91 bits per heavy atom. The molecule has 0 radical (unpaired) electrons. The largest absolute Gasteiger partial charge is 0.466 e. The van der Waals surface area contributed by atoms with Crippen molar-refractivity contribution in [2.24, 2.45) is 5.92 Å². The van der Waals surface area contributed by atoms with Crippen molar-refractivity contribution < 1.29 is 9.53 Å². The quantitative estimate of drug-likeness (QED) is 0.444. The van der Waals surface area contributed by atoms with Gasteiger partial charge in [-0.3, -0.25) is 0 Å². The summed E-state index contributed by atoms with van der Waals surface area (Å²) in [6.45, 7) is 3.66. The summed E-state index contributed by atoms with van der Waals surface area (Å²) in [5.41, 5.74) is 0.766. The summed E-state index contributed by atoms with van der Waals surface area (Å²) in [6, 6.07) is 0. The molecule has 0 N–H and O–H groups in total. The first-order valence-electron chi connectivity index (χ1n) is 3.70. The Bertz CT molecular complexity index is 204. The number of rotatable bonds is 2. The molecule has 0 aromatic heterocycles. The lowest BCUT2D eigenvalue weighted by Gasteiger charge is -2.06. The van der Waals surface area contributed by atoms with Crippen molar-refractivity contribution in [3.8, 4) is 0 Å². The van der Waals surface area contributed by atoms with Crippen LogP contribution in [-0.4, -0.2) is 13.1 Å². The first kappa shape index (κ1) is 8.05. The number of hydrogen-bond donors (Lipinski definition) is 0. The molecule has 1 atom stereocenters. The van der Waals surface area contributed by atoms with E-state index in [1.54, 1.807) is 6.08 Å². The second-order valence-electron chi connectivity index (χ2n) is 2.57. The molecule has 0 heterocycles. The van der Waals surface area contributed by atoms with E-state index in [1.165, 1.54) is 7.11 Å². The second kappa shape index (κ2) is 3.37.